The number of carbonyl (C=O) groups is 1. The van der Waals surface area contributed by atoms with Gasteiger partial charge in [0, 0.05) is 19.2 Å². The summed E-state index contributed by atoms with van der Waals surface area (Å²) in [6.07, 6.45) is 2.13. The fraction of sp³-hybridized carbons (Fsp3) is 0.529. The van der Waals surface area contributed by atoms with Crippen LogP contribution in [0.4, 0.5) is 0 Å². The number of hydrogen-bond acceptors (Lipinski definition) is 7. The van der Waals surface area contributed by atoms with Crippen LogP contribution in [0.3, 0.4) is 0 Å². The Labute approximate surface area is 156 Å². The van der Waals surface area contributed by atoms with Crippen molar-refractivity contribution >= 4 is 17.7 Å². The largest absolute Gasteiger partial charge is 0.497 e. The maximum atomic E-state index is 12.5. The third-order valence-electron chi connectivity index (χ3n) is 4.52. The molecule has 0 bridgehead atoms. The lowest BCUT2D eigenvalue weighted by Crippen LogP contribution is -2.38. The number of ether oxygens (including phenoxy) is 2. The van der Waals surface area contributed by atoms with Crippen LogP contribution in [0, 0.1) is 5.92 Å². The van der Waals surface area contributed by atoms with Crippen LogP contribution in [0.1, 0.15) is 19.8 Å². The van der Waals surface area contributed by atoms with Crippen molar-refractivity contribution in [2.24, 2.45) is 5.92 Å². The number of hydrogen-bond donors (Lipinski definition) is 0. The summed E-state index contributed by atoms with van der Waals surface area (Å²) in [5, 5.41) is 12.4. The minimum atomic E-state index is 0.119. The predicted molar refractivity (Wildman–Crippen MR) is 98.0 cm³/mol. The highest BCUT2D eigenvalue weighted by atomic mass is 32.2. The molecule has 26 heavy (non-hydrogen) atoms. The number of methoxy groups -OCH3 is 2. The van der Waals surface area contributed by atoms with Crippen LogP contribution in [-0.2, 0) is 4.79 Å². The van der Waals surface area contributed by atoms with E-state index in [2.05, 4.69) is 22.4 Å². The Morgan fingerprint density at radius 2 is 2.04 bits per heavy atom. The molecule has 0 unspecified atom stereocenters. The van der Waals surface area contributed by atoms with Gasteiger partial charge < -0.3 is 14.4 Å². The second-order valence-corrected chi connectivity index (χ2v) is 7.21. The lowest BCUT2D eigenvalue weighted by atomic mass is 9.99. The first kappa shape index (κ1) is 18.5. The number of tetrazole rings is 1. The summed E-state index contributed by atoms with van der Waals surface area (Å²) in [4.78, 5) is 14.4. The van der Waals surface area contributed by atoms with E-state index in [1.165, 1.54) is 11.8 Å². The molecule has 2 heterocycles. The van der Waals surface area contributed by atoms with E-state index in [1.54, 1.807) is 37.1 Å². The molecule has 0 saturated carbocycles. The van der Waals surface area contributed by atoms with Crippen LogP contribution in [0.2, 0.25) is 0 Å². The van der Waals surface area contributed by atoms with Gasteiger partial charge in [-0.3, -0.25) is 4.79 Å². The van der Waals surface area contributed by atoms with Gasteiger partial charge in [0.25, 0.3) is 0 Å². The van der Waals surface area contributed by atoms with Gasteiger partial charge in [0.1, 0.15) is 17.2 Å². The first-order valence-electron chi connectivity index (χ1n) is 8.53. The fourth-order valence-corrected chi connectivity index (χ4v) is 3.64. The van der Waals surface area contributed by atoms with Crippen molar-refractivity contribution < 1.29 is 14.3 Å². The van der Waals surface area contributed by atoms with Gasteiger partial charge in [0.05, 0.1) is 20.0 Å². The molecule has 1 aliphatic heterocycles. The second kappa shape index (κ2) is 8.39. The molecule has 0 atom stereocenters. The fourth-order valence-electron chi connectivity index (χ4n) is 2.86. The average molecular weight is 377 g/mol. The second-order valence-electron chi connectivity index (χ2n) is 6.26. The molecule has 1 aliphatic rings. The number of piperidine rings is 1. The summed E-state index contributed by atoms with van der Waals surface area (Å²) in [6.45, 7) is 3.89. The summed E-state index contributed by atoms with van der Waals surface area (Å²) in [5.74, 6) is 2.41. The van der Waals surface area contributed by atoms with Crippen LogP contribution in [-0.4, -0.2) is 64.1 Å². The molecule has 8 nitrogen and oxygen atoms in total. The Morgan fingerprint density at radius 1 is 1.27 bits per heavy atom. The van der Waals surface area contributed by atoms with Crippen molar-refractivity contribution in [2.75, 3.05) is 33.1 Å². The quantitative estimate of drug-likeness (QED) is 0.712. The van der Waals surface area contributed by atoms with E-state index in [-0.39, 0.29) is 5.91 Å². The monoisotopic (exact) mass is 377 g/mol. The first-order valence-corrected chi connectivity index (χ1v) is 9.52. The molecule has 1 saturated heterocycles. The molecule has 3 rings (SSSR count). The molecule has 0 aliphatic carbocycles. The summed E-state index contributed by atoms with van der Waals surface area (Å²) >= 11 is 1.32. The highest BCUT2D eigenvalue weighted by Gasteiger charge is 2.22. The zero-order valence-electron chi connectivity index (χ0n) is 15.2. The summed E-state index contributed by atoms with van der Waals surface area (Å²) in [5.41, 5.74) is 0.665. The number of thioether (sulfide) groups is 1. The van der Waals surface area contributed by atoms with Crippen LogP contribution < -0.4 is 9.47 Å². The predicted octanol–water partition coefficient (Wildman–Crippen LogP) is 2.03. The van der Waals surface area contributed by atoms with Crippen molar-refractivity contribution in [3.8, 4) is 17.2 Å². The average Bonchev–Trinajstić information content (AvgIpc) is 3.14. The maximum absolute atomic E-state index is 12.5. The normalized spacial score (nSPS) is 15.1. The van der Waals surface area contributed by atoms with Crippen LogP contribution in [0.5, 0.6) is 11.5 Å². The van der Waals surface area contributed by atoms with E-state index in [4.69, 9.17) is 9.47 Å². The first-order chi connectivity index (χ1) is 12.6. The summed E-state index contributed by atoms with van der Waals surface area (Å²) < 4.78 is 12.2. The van der Waals surface area contributed by atoms with Gasteiger partial charge in [0.2, 0.25) is 11.1 Å². The number of rotatable bonds is 6. The third-order valence-corrected chi connectivity index (χ3v) is 5.42. The standard InChI is InChI=1S/C17H23N5O3S/c1-12-6-8-21(9-7-12)16(23)11-26-17-18-19-20-22(17)14-10-13(24-2)4-5-15(14)25-3/h4-5,10,12H,6-9,11H2,1-3H3. The SMILES string of the molecule is COc1ccc(OC)c(-n2nnnc2SCC(=O)N2CCC(C)CC2)c1. The number of nitrogens with zero attached hydrogens (tertiary/aromatic N) is 5. The molecular weight excluding hydrogens is 354 g/mol. The Morgan fingerprint density at radius 3 is 2.73 bits per heavy atom. The highest BCUT2D eigenvalue weighted by molar-refractivity contribution is 7.99. The van der Waals surface area contributed by atoms with Crippen molar-refractivity contribution in [3.05, 3.63) is 18.2 Å². The minimum Gasteiger partial charge on any atom is -0.497 e. The van der Waals surface area contributed by atoms with E-state index < -0.39 is 0 Å². The Bertz CT molecular complexity index is 759. The molecule has 2 aromatic rings. The van der Waals surface area contributed by atoms with Gasteiger partial charge in [-0.2, -0.15) is 4.68 Å². The summed E-state index contributed by atoms with van der Waals surface area (Å²) in [6, 6.07) is 5.40. The Hall–Kier alpha value is -2.29. The van der Waals surface area contributed by atoms with Crippen molar-refractivity contribution in [1.82, 2.24) is 25.1 Å². The molecule has 0 spiro atoms. The van der Waals surface area contributed by atoms with Crippen molar-refractivity contribution in [2.45, 2.75) is 24.9 Å². The zero-order chi connectivity index (χ0) is 18.5. The molecule has 1 aromatic heterocycles. The van der Waals surface area contributed by atoms with Crippen molar-refractivity contribution in [1.29, 1.82) is 0 Å². The molecule has 9 heteroatoms. The molecule has 1 amide bonds. The van der Waals surface area contributed by atoms with Gasteiger partial charge in [-0.15, -0.1) is 5.10 Å². The molecule has 0 radical (unpaired) electrons. The molecular formula is C17H23N5O3S. The smallest absolute Gasteiger partial charge is 0.233 e. The number of carbonyl (C=O) groups excluding carboxylic acids is 1. The molecule has 0 N–H and O–H groups in total. The number of amides is 1. The van der Waals surface area contributed by atoms with E-state index in [0.29, 0.717) is 34.0 Å². The van der Waals surface area contributed by atoms with E-state index in [1.807, 2.05) is 4.90 Å². The van der Waals surface area contributed by atoms with Gasteiger partial charge in [-0.25, -0.2) is 0 Å². The lowest BCUT2D eigenvalue weighted by Gasteiger charge is -2.30. The minimum absolute atomic E-state index is 0.119. The van der Waals surface area contributed by atoms with Crippen molar-refractivity contribution in [3.63, 3.8) is 0 Å². The molecule has 1 fully saturated rings. The number of likely N-dealkylation sites (tertiary alicyclic amines) is 1. The third kappa shape index (κ3) is 4.09. The lowest BCUT2D eigenvalue weighted by molar-refractivity contribution is -0.129. The topological polar surface area (TPSA) is 82.4 Å². The van der Waals surface area contributed by atoms with E-state index >= 15 is 0 Å². The van der Waals surface area contributed by atoms with Crippen LogP contribution >= 0.6 is 11.8 Å². The highest BCUT2D eigenvalue weighted by Crippen LogP contribution is 2.29. The van der Waals surface area contributed by atoms with Gasteiger partial charge >= 0.3 is 0 Å². The van der Waals surface area contributed by atoms with Crippen LogP contribution in [0.25, 0.3) is 5.69 Å². The maximum Gasteiger partial charge on any atom is 0.233 e. The van der Waals surface area contributed by atoms with Crippen LogP contribution in [0.15, 0.2) is 23.4 Å². The van der Waals surface area contributed by atoms with Gasteiger partial charge in [-0.1, -0.05) is 18.7 Å². The molecule has 140 valence electrons. The molecule has 1 aromatic carbocycles. The summed E-state index contributed by atoms with van der Waals surface area (Å²) in [7, 11) is 3.18. The van der Waals surface area contributed by atoms with E-state index in [9.17, 15) is 4.79 Å². The van der Waals surface area contributed by atoms with E-state index in [0.717, 1.165) is 25.9 Å². The number of benzene rings is 1. The zero-order valence-corrected chi connectivity index (χ0v) is 16.0. The Balaban J connectivity index is 1.72. The number of aromatic nitrogens is 4. The van der Waals surface area contributed by atoms with Gasteiger partial charge in [0.15, 0.2) is 0 Å². The van der Waals surface area contributed by atoms with Gasteiger partial charge in [-0.05, 0) is 41.3 Å². The Kier molecular flexibility index (Phi) is 5.97.